The van der Waals surface area contributed by atoms with E-state index in [1.807, 2.05) is 12.1 Å². The Morgan fingerprint density at radius 1 is 1.31 bits per heavy atom. The van der Waals surface area contributed by atoms with Gasteiger partial charge in [0.05, 0.1) is 17.8 Å². The second-order valence-electron chi connectivity index (χ2n) is 6.83. The first-order valence-electron chi connectivity index (χ1n) is 9.01. The van der Waals surface area contributed by atoms with E-state index in [1.165, 1.54) is 0 Å². The van der Waals surface area contributed by atoms with Gasteiger partial charge in [-0.25, -0.2) is 9.97 Å². The highest BCUT2D eigenvalue weighted by Gasteiger charge is 2.30. The van der Waals surface area contributed by atoms with Crippen LogP contribution in [0.3, 0.4) is 0 Å². The van der Waals surface area contributed by atoms with Gasteiger partial charge in [0, 0.05) is 37.6 Å². The molecular formula is C19H21N5O2. The molecule has 0 radical (unpaired) electrons. The predicted octanol–water partition coefficient (Wildman–Crippen LogP) is 1.45. The van der Waals surface area contributed by atoms with Gasteiger partial charge in [-0.05, 0) is 37.3 Å². The number of nitrogens with zero attached hydrogens (tertiary/aromatic N) is 4. The van der Waals surface area contributed by atoms with Crippen molar-refractivity contribution in [2.45, 2.75) is 38.1 Å². The van der Waals surface area contributed by atoms with Gasteiger partial charge in [0.25, 0.3) is 5.91 Å². The van der Waals surface area contributed by atoms with Gasteiger partial charge in [-0.15, -0.1) is 0 Å². The number of amides is 2. The van der Waals surface area contributed by atoms with Crippen molar-refractivity contribution >= 4 is 11.8 Å². The van der Waals surface area contributed by atoms with Crippen LogP contribution in [0.2, 0.25) is 0 Å². The molecule has 0 saturated heterocycles. The molecule has 0 bridgehead atoms. The summed E-state index contributed by atoms with van der Waals surface area (Å²) in [6.07, 6.45) is 8.86. The van der Waals surface area contributed by atoms with E-state index in [1.54, 1.807) is 23.5 Å². The molecule has 1 fully saturated rings. The average molecular weight is 351 g/mol. The van der Waals surface area contributed by atoms with Gasteiger partial charge in [-0.2, -0.15) is 0 Å². The number of fused-ring (bicyclic) bond motifs is 1. The van der Waals surface area contributed by atoms with Gasteiger partial charge in [0.1, 0.15) is 5.82 Å². The fourth-order valence-electron chi connectivity index (χ4n) is 3.13. The van der Waals surface area contributed by atoms with Crippen LogP contribution >= 0.6 is 0 Å². The monoisotopic (exact) mass is 351 g/mol. The quantitative estimate of drug-likeness (QED) is 0.881. The van der Waals surface area contributed by atoms with Crippen LogP contribution in [-0.4, -0.2) is 44.8 Å². The molecule has 0 atom stereocenters. The van der Waals surface area contributed by atoms with Crippen LogP contribution in [0.1, 0.15) is 52.6 Å². The van der Waals surface area contributed by atoms with Crippen LogP contribution in [-0.2, 0) is 17.8 Å². The lowest BCUT2D eigenvalue weighted by Gasteiger charge is -2.20. The molecule has 1 N–H and O–H groups in total. The van der Waals surface area contributed by atoms with E-state index in [0.717, 1.165) is 42.8 Å². The molecule has 2 aromatic rings. The largest absolute Gasteiger partial charge is 0.350 e. The van der Waals surface area contributed by atoms with E-state index in [0.29, 0.717) is 24.6 Å². The normalized spacial score (nSPS) is 16.8. The Morgan fingerprint density at radius 3 is 2.96 bits per heavy atom. The van der Waals surface area contributed by atoms with Crippen molar-refractivity contribution in [2.75, 3.05) is 13.1 Å². The van der Waals surface area contributed by atoms with Gasteiger partial charge < -0.3 is 10.2 Å². The number of carbonyl (C=O) groups excluding carboxylic acids is 2. The van der Waals surface area contributed by atoms with E-state index in [2.05, 4.69) is 20.3 Å². The van der Waals surface area contributed by atoms with Crippen LogP contribution in [0.5, 0.6) is 0 Å². The van der Waals surface area contributed by atoms with Gasteiger partial charge in [-0.1, -0.05) is 6.07 Å². The number of aryl methyl sites for hydroxylation is 1. The highest BCUT2D eigenvalue weighted by molar-refractivity contribution is 5.97. The zero-order valence-corrected chi connectivity index (χ0v) is 14.5. The van der Waals surface area contributed by atoms with Crippen molar-refractivity contribution in [3.05, 3.63) is 53.4 Å². The third-order valence-electron chi connectivity index (χ3n) is 4.74. The topological polar surface area (TPSA) is 88.1 Å². The third kappa shape index (κ3) is 3.71. The molecule has 3 heterocycles. The lowest BCUT2D eigenvalue weighted by atomic mass is 10.1. The summed E-state index contributed by atoms with van der Waals surface area (Å²) in [6.45, 7) is 0.996. The van der Waals surface area contributed by atoms with E-state index in [4.69, 9.17) is 0 Å². The second kappa shape index (κ2) is 7.19. The first-order chi connectivity index (χ1) is 12.7. The van der Waals surface area contributed by atoms with Crippen molar-refractivity contribution in [1.29, 1.82) is 0 Å². The summed E-state index contributed by atoms with van der Waals surface area (Å²) in [5.41, 5.74) is 2.28. The SMILES string of the molecule is O=C(CN1CCCc2nc(C3CC3)ncc2C1=O)NCc1cccnc1. The van der Waals surface area contributed by atoms with Gasteiger partial charge in [0.15, 0.2) is 0 Å². The van der Waals surface area contributed by atoms with Crippen molar-refractivity contribution < 1.29 is 9.59 Å². The Hall–Kier alpha value is -2.83. The van der Waals surface area contributed by atoms with Crippen LogP contribution < -0.4 is 5.32 Å². The lowest BCUT2D eigenvalue weighted by Crippen LogP contribution is -2.40. The van der Waals surface area contributed by atoms with E-state index in [9.17, 15) is 9.59 Å². The zero-order chi connectivity index (χ0) is 17.9. The Morgan fingerprint density at radius 2 is 2.19 bits per heavy atom. The molecule has 26 heavy (non-hydrogen) atoms. The molecule has 1 aliphatic heterocycles. The third-order valence-corrected chi connectivity index (χ3v) is 4.74. The minimum Gasteiger partial charge on any atom is -0.350 e. The lowest BCUT2D eigenvalue weighted by molar-refractivity contribution is -0.122. The molecule has 2 amide bonds. The number of carbonyl (C=O) groups is 2. The fraction of sp³-hybridized carbons (Fsp3) is 0.421. The predicted molar refractivity (Wildman–Crippen MR) is 94.3 cm³/mol. The number of rotatable bonds is 5. The number of aromatic nitrogens is 3. The van der Waals surface area contributed by atoms with Crippen molar-refractivity contribution in [2.24, 2.45) is 0 Å². The summed E-state index contributed by atoms with van der Waals surface area (Å²) in [5.74, 6) is 0.991. The summed E-state index contributed by atoms with van der Waals surface area (Å²) >= 11 is 0. The first kappa shape index (κ1) is 16.6. The number of hydrogen-bond donors (Lipinski definition) is 1. The molecule has 1 saturated carbocycles. The van der Waals surface area contributed by atoms with Gasteiger partial charge in [-0.3, -0.25) is 14.6 Å². The van der Waals surface area contributed by atoms with Gasteiger partial charge in [0.2, 0.25) is 5.91 Å². The summed E-state index contributed by atoms with van der Waals surface area (Å²) in [6, 6.07) is 3.72. The molecule has 0 spiro atoms. The molecule has 1 aliphatic carbocycles. The van der Waals surface area contributed by atoms with E-state index < -0.39 is 0 Å². The first-order valence-corrected chi connectivity index (χ1v) is 9.01. The summed E-state index contributed by atoms with van der Waals surface area (Å²) < 4.78 is 0. The fourth-order valence-corrected chi connectivity index (χ4v) is 3.13. The van der Waals surface area contributed by atoms with Crippen LogP contribution in [0.15, 0.2) is 30.7 Å². The smallest absolute Gasteiger partial charge is 0.257 e. The maximum Gasteiger partial charge on any atom is 0.257 e. The highest BCUT2D eigenvalue weighted by Crippen LogP contribution is 2.38. The molecule has 134 valence electrons. The van der Waals surface area contributed by atoms with Crippen molar-refractivity contribution in [1.82, 2.24) is 25.2 Å². The van der Waals surface area contributed by atoms with Crippen molar-refractivity contribution in [3.8, 4) is 0 Å². The minimum absolute atomic E-state index is 0.0446. The minimum atomic E-state index is -0.179. The molecular weight excluding hydrogens is 330 g/mol. The number of pyridine rings is 1. The Bertz CT molecular complexity index is 820. The van der Waals surface area contributed by atoms with Crippen molar-refractivity contribution in [3.63, 3.8) is 0 Å². The van der Waals surface area contributed by atoms with Crippen LogP contribution in [0.25, 0.3) is 0 Å². The highest BCUT2D eigenvalue weighted by atomic mass is 16.2. The Kier molecular flexibility index (Phi) is 4.60. The van der Waals surface area contributed by atoms with E-state index in [-0.39, 0.29) is 18.4 Å². The second-order valence-corrected chi connectivity index (χ2v) is 6.83. The van der Waals surface area contributed by atoms with Crippen LogP contribution in [0.4, 0.5) is 0 Å². The summed E-state index contributed by atoms with van der Waals surface area (Å²) in [5, 5.41) is 2.84. The summed E-state index contributed by atoms with van der Waals surface area (Å²) in [7, 11) is 0. The maximum absolute atomic E-state index is 12.8. The molecule has 4 rings (SSSR count). The average Bonchev–Trinajstić information content (AvgIpc) is 3.51. The molecule has 0 aromatic carbocycles. The van der Waals surface area contributed by atoms with Gasteiger partial charge >= 0.3 is 0 Å². The Labute approximate surface area is 151 Å². The molecule has 7 heteroatoms. The van der Waals surface area contributed by atoms with Crippen LogP contribution in [0, 0.1) is 0 Å². The molecule has 7 nitrogen and oxygen atoms in total. The maximum atomic E-state index is 12.8. The number of nitrogens with one attached hydrogen (secondary N) is 1. The summed E-state index contributed by atoms with van der Waals surface area (Å²) in [4.78, 5) is 39.6. The molecule has 2 aliphatic rings. The van der Waals surface area contributed by atoms with E-state index >= 15 is 0 Å². The number of hydrogen-bond acceptors (Lipinski definition) is 5. The standard InChI is InChI=1S/C19H21N5O2/c25-17(21-10-13-3-1-7-20-9-13)12-24-8-2-4-16-15(19(24)26)11-22-18(23-16)14-5-6-14/h1,3,7,9,11,14H,2,4-6,8,10,12H2,(H,21,25). The molecule has 0 unspecified atom stereocenters. The Balaban J connectivity index is 1.40. The molecule has 2 aromatic heterocycles. The zero-order valence-electron chi connectivity index (χ0n) is 14.5.